The maximum Gasteiger partial charge on any atom is 0.308 e. The van der Waals surface area contributed by atoms with Crippen LogP contribution in [-0.4, -0.2) is 17.1 Å². The first-order chi connectivity index (χ1) is 7.82. The summed E-state index contributed by atoms with van der Waals surface area (Å²) in [4.78, 5) is 10.7. The van der Waals surface area contributed by atoms with E-state index in [0.29, 0.717) is 6.07 Å². The fraction of sp³-hybridized carbons (Fsp3) is 0.364. The molecule has 0 heterocycles. The zero-order valence-electron chi connectivity index (χ0n) is 9.30. The fourth-order valence-corrected chi connectivity index (χ4v) is 1.25. The van der Waals surface area contributed by atoms with E-state index in [2.05, 4.69) is 5.32 Å². The molecular formula is C11H12F3NO2. The smallest absolute Gasteiger partial charge is 0.308 e. The summed E-state index contributed by atoms with van der Waals surface area (Å²) in [7, 11) is 0. The molecule has 0 fully saturated rings. The van der Waals surface area contributed by atoms with E-state index in [1.165, 1.54) is 13.8 Å². The van der Waals surface area contributed by atoms with Crippen molar-refractivity contribution in [3.8, 4) is 0 Å². The first kappa shape index (κ1) is 13.3. The van der Waals surface area contributed by atoms with Crippen molar-refractivity contribution in [1.82, 2.24) is 0 Å². The van der Waals surface area contributed by atoms with Crippen LogP contribution in [0.5, 0.6) is 0 Å². The van der Waals surface area contributed by atoms with Crippen LogP contribution < -0.4 is 5.32 Å². The highest BCUT2D eigenvalue weighted by atomic mass is 19.2. The minimum Gasteiger partial charge on any atom is -0.481 e. The van der Waals surface area contributed by atoms with Crippen molar-refractivity contribution in [2.24, 2.45) is 5.92 Å². The van der Waals surface area contributed by atoms with Gasteiger partial charge in [0.1, 0.15) is 5.82 Å². The Bertz CT molecular complexity index is 437. The molecule has 0 aliphatic carbocycles. The fourth-order valence-electron chi connectivity index (χ4n) is 1.25. The molecule has 1 aromatic rings. The molecule has 0 amide bonds. The van der Waals surface area contributed by atoms with Crippen LogP contribution in [0.25, 0.3) is 0 Å². The lowest BCUT2D eigenvalue weighted by Gasteiger charge is -2.19. The van der Waals surface area contributed by atoms with E-state index < -0.39 is 35.4 Å². The van der Waals surface area contributed by atoms with Crippen LogP contribution in [0, 0.1) is 23.4 Å². The number of rotatable bonds is 4. The molecule has 0 spiro atoms. The van der Waals surface area contributed by atoms with Gasteiger partial charge in [-0.3, -0.25) is 4.79 Å². The van der Waals surface area contributed by atoms with Gasteiger partial charge in [-0.1, -0.05) is 0 Å². The van der Waals surface area contributed by atoms with E-state index >= 15 is 0 Å². The van der Waals surface area contributed by atoms with Gasteiger partial charge in [0, 0.05) is 18.2 Å². The summed E-state index contributed by atoms with van der Waals surface area (Å²) in [5, 5.41) is 11.2. The first-order valence-corrected chi connectivity index (χ1v) is 4.96. The van der Waals surface area contributed by atoms with E-state index in [-0.39, 0.29) is 5.69 Å². The van der Waals surface area contributed by atoms with Gasteiger partial charge in [-0.25, -0.2) is 13.2 Å². The molecule has 3 nitrogen and oxygen atoms in total. The zero-order chi connectivity index (χ0) is 13.2. The third-order valence-electron chi connectivity index (χ3n) is 2.52. The molecule has 2 atom stereocenters. The van der Waals surface area contributed by atoms with Crippen LogP contribution in [0.1, 0.15) is 13.8 Å². The quantitative estimate of drug-likeness (QED) is 0.804. The largest absolute Gasteiger partial charge is 0.481 e. The normalized spacial score (nSPS) is 14.2. The third kappa shape index (κ3) is 3.12. The van der Waals surface area contributed by atoms with Crippen molar-refractivity contribution in [2.45, 2.75) is 19.9 Å². The minimum atomic E-state index is -1.32. The monoisotopic (exact) mass is 247 g/mol. The maximum absolute atomic E-state index is 13.3. The van der Waals surface area contributed by atoms with E-state index in [9.17, 15) is 18.0 Å². The lowest BCUT2D eigenvalue weighted by atomic mass is 10.0. The number of carbonyl (C=O) groups is 1. The standard InChI is InChI=1S/C11H12F3NO2/c1-5(11(16)17)6(2)15-9-4-7(12)3-8(13)10(9)14/h3-6,15H,1-2H3,(H,16,17). The molecule has 6 heteroatoms. The van der Waals surface area contributed by atoms with Crippen LogP contribution in [-0.2, 0) is 4.79 Å². The Morgan fingerprint density at radius 1 is 1.29 bits per heavy atom. The molecule has 0 radical (unpaired) electrons. The number of hydrogen-bond donors (Lipinski definition) is 2. The number of halogens is 3. The molecule has 0 aliphatic heterocycles. The van der Waals surface area contributed by atoms with Crippen molar-refractivity contribution in [2.75, 3.05) is 5.32 Å². The lowest BCUT2D eigenvalue weighted by Crippen LogP contribution is -2.30. The molecule has 2 N–H and O–H groups in total. The Morgan fingerprint density at radius 3 is 2.41 bits per heavy atom. The molecule has 0 aromatic heterocycles. The van der Waals surface area contributed by atoms with E-state index in [1.807, 2.05) is 0 Å². The van der Waals surface area contributed by atoms with Crippen molar-refractivity contribution in [1.29, 1.82) is 0 Å². The van der Waals surface area contributed by atoms with Crippen molar-refractivity contribution < 1.29 is 23.1 Å². The van der Waals surface area contributed by atoms with Gasteiger partial charge in [-0.15, -0.1) is 0 Å². The zero-order valence-corrected chi connectivity index (χ0v) is 9.30. The molecule has 17 heavy (non-hydrogen) atoms. The van der Waals surface area contributed by atoms with Gasteiger partial charge in [-0.05, 0) is 13.8 Å². The topological polar surface area (TPSA) is 49.3 Å². The summed E-state index contributed by atoms with van der Waals surface area (Å²) in [5.74, 6) is -5.37. The SMILES string of the molecule is CC(Nc1cc(F)cc(F)c1F)C(C)C(=O)O. The van der Waals surface area contributed by atoms with E-state index in [1.54, 1.807) is 0 Å². The predicted molar refractivity (Wildman–Crippen MR) is 56.2 cm³/mol. The lowest BCUT2D eigenvalue weighted by molar-refractivity contribution is -0.141. The van der Waals surface area contributed by atoms with E-state index in [4.69, 9.17) is 5.11 Å². The van der Waals surface area contributed by atoms with Gasteiger partial charge in [0.05, 0.1) is 11.6 Å². The highest BCUT2D eigenvalue weighted by Gasteiger charge is 2.21. The summed E-state index contributed by atoms with van der Waals surface area (Å²) < 4.78 is 39.0. The van der Waals surface area contributed by atoms with Crippen LogP contribution >= 0.6 is 0 Å². The Hall–Kier alpha value is -1.72. The van der Waals surface area contributed by atoms with Gasteiger partial charge in [0.2, 0.25) is 0 Å². The molecule has 0 saturated heterocycles. The Balaban J connectivity index is 2.92. The number of anilines is 1. The van der Waals surface area contributed by atoms with Gasteiger partial charge in [0.15, 0.2) is 11.6 Å². The third-order valence-corrected chi connectivity index (χ3v) is 2.52. The Kier molecular flexibility index (Phi) is 3.98. The number of nitrogens with one attached hydrogen (secondary N) is 1. The Morgan fingerprint density at radius 2 is 1.88 bits per heavy atom. The van der Waals surface area contributed by atoms with Crippen molar-refractivity contribution in [3.63, 3.8) is 0 Å². The van der Waals surface area contributed by atoms with Gasteiger partial charge >= 0.3 is 5.97 Å². The van der Waals surface area contributed by atoms with Crippen LogP contribution in [0.2, 0.25) is 0 Å². The minimum absolute atomic E-state index is 0.386. The van der Waals surface area contributed by atoms with Gasteiger partial charge < -0.3 is 10.4 Å². The molecule has 2 unspecified atom stereocenters. The van der Waals surface area contributed by atoms with Crippen molar-refractivity contribution >= 4 is 11.7 Å². The summed E-state index contributed by atoms with van der Waals surface area (Å²) in [6.45, 7) is 2.90. The number of aliphatic carboxylic acids is 1. The number of hydrogen-bond acceptors (Lipinski definition) is 2. The van der Waals surface area contributed by atoms with Crippen LogP contribution in [0.15, 0.2) is 12.1 Å². The highest BCUT2D eigenvalue weighted by Crippen LogP contribution is 2.21. The molecule has 0 aliphatic rings. The van der Waals surface area contributed by atoms with E-state index in [0.717, 1.165) is 6.07 Å². The average molecular weight is 247 g/mol. The van der Waals surface area contributed by atoms with Crippen LogP contribution in [0.4, 0.5) is 18.9 Å². The second-order valence-corrected chi connectivity index (χ2v) is 3.81. The maximum atomic E-state index is 13.3. The molecule has 0 saturated carbocycles. The number of carboxylic acid groups (broad SMARTS) is 1. The van der Waals surface area contributed by atoms with Crippen LogP contribution in [0.3, 0.4) is 0 Å². The van der Waals surface area contributed by atoms with Gasteiger partial charge in [-0.2, -0.15) is 0 Å². The Labute approximate surface area is 96.3 Å². The summed E-state index contributed by atoms with van der Waals surface area (Å²) in [5.41, 5.74) is -0.386. The average Bonchev–Trinajstić information content (AvgIpc) is 2.23. The molecule has 0 bridgehead atoms. The first-order valence-electron chi connectivity index (χ1n) is 4.96. The second-order valence-electron chi connectivity index (χ2n) is 3.81. The van der Waals surface area contributed by atoms with Crippen molar-refractivity contribution in [3.05, 3.63) is 29.6 Å². The van der Waals surface area contributed by atoms with Gasteiger partial charge in [0.25, 0.3) is 0 Å². The number of carboxylic acids is 1. The summed E-state index contributed by atoms with van der Waals surface area (Å²) >= 11 is 0. The summed E-state index contributed by atoms with van der Waals surface area (Å²) in [6.07, 6.45) is 0. The predicted octanol–water partition coefficient (Wildman–Crippen LogP) is 2.62. The summed E-state index contributed by atoms with van der Waals surface area (Å²) in [6, 6.07) is 0.540. The second kappa shape index (κ2) is 5.07. The molecule has 94 valence electrons. The number of benzene rings is 1. The molecule has 1 rings (SSSR count). The molecular weight excluding hydrogens is 235 g/mol. The highest BCUT2D eigenvalue weighted by molar-refractivity contribution is 5.71. The molecule has 1 aromatic carbocycles.